The molecule has 32 heavy (non-hydrogen) atoms. The van der Waals surface area contributed by atoms with Crippen LogP contribution in [0.1, 0.15) is 49.5 Å². The van der Waals surface area contributed by atoms with Gasteiger partial charge in [0.25, 0.3) is 5.91 Å². The summed E-state index contributed by atoms with van der Waals surface area (Å²) in [6, 6.07) is 13.5. The summed E-state index contributed by atoms with van der Waals surface area (Å²) in [6.07, 6.45) is 1.61. The number of carbonyl (C=O) groups is 2. The lowest BCUT2D eigenvalue weighted by molar-refractivity contribution is 0.0179. The minimum Gasteiger partial charge on any atom is -0.488 e. The van der Waals surface area contributed by atoms with Crippen LogP contribution in [0.25, 0.3) is 0 Å². The van der Waals surface area contributed by atoms with E-state index in [2.05, 4.69) is 5.32 Å². The van der Waals surface area contributed by atoms with Crippen LogP contribution in [0.2, 0.25) is 0 Å². The zero-order valence-electron chi connectivity index (χ0n) is 18.9. The van der Waals surface area contributed by atoms with Crippen LogP contribution in [0.15, 0.2) is 48.5 Å². The number of carbonyl (C=O) groups excluding carboxylic acids is 2. The highest BCUT2D eigenvalue weighted by molar-refractivity contribution is 5.94. The largest absolute Gasteiger partial charge is 0.488 e. The predicted molar refractivity (Wildman–Crippen MR) is 120 cm³/mol. The standard InChI is InChI=1S/C25H31FN2O4/c1-25(2,3)32-24(30)28(17-21-16-18-9-4-5-12-22(18)31-21)14-7-6-13-27-23(29)19-10-8-11-20(26)15-19/h4-5,8-12,15,21H,6-7,13-14,16-17H2,1-3H3,(H,27,29). The van der Waals surface area contributed by atoms with E-state index in [1.807, 2.05) is 45.0 Å². The number of para-hydroxylation sites is 1. The Hall–Kier alpha value is -3.09. The molecule has 1 heterocycles. The average molecular weight is 443 g/mol. The molecule has 1 aliphatic rings. The van der Waals surface area contributed by atoms with Gasteiger partial charge in [-0.1, -0.05) is 24.3 Å². The highest BCUT2D eigenvalue weighted by Crippen LogP contribution is 2.28. The average Bonchev–Trinajstić information content (AvgIpc) is 3.13. The highest BCUT2D eigenvalue weighted by Gasteiger charge is 2.29. The van der Waals surface area contributed by atoms with Gasteiger partial charge in [0.1, 0.15) is 23.3 Å². The van der Waals surface area contributed by atoms with Crippen LogP contribution in [0, 0.1) is 5.82 Å². The van der Waals surface area contributed by atoms with Crippen molar-refractivity contribution < 1.29 is 23.5 Å². The Labute approximate surface area is 188 Å². The van der Waals surface area contributed by atoms with Crippen LogP contribution in [-0.2, 0) is 11.2 Å². The van der Waals surface area contributed by atoms with Gasteiger partial charge in [0.05, 0.1) is 6.54 Å². The van der Waals surface area contributed by atoms with Crippen LogP contribution in [0.5, 0.6) is 5.75 Å². The third-order valence-corrected chi connectivity index (χ3v) is 5.02. The molecule has 6 nitrogen and oxygen atoms in total. The van der Waals surface area contributed by atoms with Gasteiger partial charge in [0.15, 0.2) is 0 Å². The Balaban J connectivity index is 1.49. The molecule has 1 unspecified atom stereocenters. The summed E-state index contributed by atoms with van der Waals surface area (Å²) in [5.41, 5.74) is 0.841. The van der Waals surface area contributed by atoms with E-state index in [0.29, 0.717) is 38.0 Å². The van der Waals surface area contributed by atoms with Gasteiger partial charge in [-0.15, -0.1) is 0 Å². The minimum absolute atomic E-state index is 0.118. The van der Waals surface area contributed by atoms with E-state index in [0.717, 1.165) is 17.7 Å². The topological polar surface area (TPSA) is 67.9 Å². The molecule has 0 radical (unpaired) electrons. The molecule has 0 aromatic heterocycles. The molecular formula is C25H31FN2O4. The zero-order chi connectivity index (χ0) is 23.1. The Kier molecular flexibility index (Phi) is 7.72. The SMILES string of the molecule is CC(C)(C)OC(=O)N(CCCCNC(=O)c1cccc(F)c1)CC1Cc2ccccc2O1. The molecular weight excluding hydrogens is 411 g/mol. The van der Waals surface area contributed by atoms with Crippen molar-refractivity contribution in [3.8, 4) is 5.75 Å². The number of nitrogens with one attached hydrogen (secondary N) is 1. The van der Waals surface area contributed by atoms with Crippen LogP contribution in [0.4, 0.5) is 9.18 Å². The Morgan fingerprint density at radius 3 is 2.66 bits per heavy atom. The molecule has 2 aromatic carbocycles. The smallest absolute Gasteiger partial charge is 0.410 e. The van der Waals surface area contributed by atoms with Gasteiger partial charge in [-0.25, -0.2) is 9.18 Å². The van der Waals surface area contributed by atoms with Crippen molar-refractivity contribution >= 4 is 12.0 Å². The number of rotatable bonds is 8. The molecule has 1 atom stereocenters. The maximum atomic E-state index is 13.3. The van der Waals surface area contributed by atoms with Gasteiger partial charge in [-0.2, -0.15) is 0 Å². The van der Waals surface area contributed by atoms with Crippen LogP contribution in [0.3, 0.4) is 0 Å². The van der Waals surface area contributed by atoms with Crippen LogP contribution in [-0.4, -0.2) is 48.2 Å². The molecule has 0 spiro atoms. The number of fused-ring (bicyclic) bond motifs is 1. The molecule has 7 heteroatoms. The molecule has 0 saturated heterocycles. The molecule has 1 N–H and O–H groups in total. The molecule has 0 saturated carbocycles. The first kappa shape index (κ1) is 23.6. The van der Waals surface area contributed by atoms with Gasteiger partial charge in [0.2, 0.25) is 0 Å². The summed E-state index contributed by atoms with van der Waals surface area (Å²) in [5, 5.41) is 2.79. The lowest BCUT2D eigenvalue weighted by Gasteiger charge is -2.29. The van der Waals surface area contributed by atoms with Crippen molar-refractivity contribution in [3.63, 3.8) is 0 Å². The van der Waals surface area contributed by atoms with E-state index in [1.165, 1.54) is 18.2 Å². The van der Waals surface area contributed by atoms with E-state index in [9.17, 15) is 14.0 Å². The number of hydrogen-bond acceptors (Lipinski definition) is 4. The first-order chi connectivity index (χ1) is 15.2. The monoisotopic (exact) mass is 442 g/mol. The number of unbranched alkanes of at least 4 members (excludes halogenated alkanes) is 1. The van der Waals surface area contributed by atoms with Gasteiger partial charge in [-0.05, 0) is 63.4 Å². The molecule has 172 valence electrons. The fraction of sp³-hybridized carbons (Fsp3) is 0.440. The van der Waals surface area contributed by atoms with E-state index in [1.54, 1.807) is 11.0 Å². The molecule has 0 bridgehead atoms. The van der Waals surface area contributed by atoms with Gasteiger partial charge < -0.3 is 19.7 Å². The van der Waals surface area contributed by atoms with Crippen molar-refractivity contribution in [3.05, 3.63) is 65.5 Å². The molecule has 0 fully saturated rings. The fourth-order valence-corrected chi connectivity index (χ4v) is 3.55. The van der Waals surface area contributed by atoms with E-state index in [-0.39, 0.29) is 18.1 Å². The molecule has 2 amide bonds. The Morgan fingerprint density at radius 1 is 1.16 bits per heavy atom. The van der Waals surface area contributed by atoms with Crippen molar-refractivity contribution in [1.82, 2.24) is 10.2 Å². The lowest BCUT2D eigenvalue weighted by atomic mass is 10.1. The van der Waals surface area contributed by atoms with Gasteiger partial charge in [0, 0.05) is 25.1 Å². The number of nitrogens with zero attached hydrogens (tertiary/aromatic N) is 1. The van der Waals surface area contributed by atoms with Crippen molar-refractivity contribution in [2.24, 2.45) is 0 Å². The maximum absolute atomic E-state index is 13.3. The van der Waals surface area contributed by atoms with Crippen LogP contribution < -0.4 is 10.1 Å². The van der Waals surface area contributed by atoms with Crippen molar-refractivity contribution in [1.29, 1.82) is 0 Å². The number of amides is 2. The summed E-state index contributed by atoms with van der Waals surface area (Å²) in [7, 11) is 0. The number of halogens is 1. The Morgan fingerprint density at radius 2 is 1.94 bits per heavy atom. The minimum atomic E-state index is -0.590. The lowest BCUT2D eigenvalue weighted by Crippen LogP contribution is -2.43. The van der Waals surface area contributed by atoms with Gasteiger partial charge in [-0.3, -0.25) is 4.79 Å². The maximum Gasteiger partial charge on any atom is 0.410 e. The van der Waals surface area contributed by atoms with E-state index < -0.39 is 11.4 Å². The second-order valence-corrected chi connectivity index (χ2v) is 8.95. The highest BCUT2D eigenvalue weighted by atomic mass is 19.1. The molecule has 1 aliphatic heterocycles. The first-order valence-corrected chi connectivity index (χ1v) is 11.0. The second-order valence-electron chi connectivity index (χ2n) is 8.95. The van der Waals surface area contributed by atoms with E-state index in [4.69, 9.17) is 9.47 Å². The molecule has 0 aliphatic carbocycles. The summed E-state index contributed by atoms with van der Waals surface area (Å²) in [5.74, 6) is 0.106. The third kappa shape index (κ3) is 6.97. The summed E-state index contributed by atoms with van der Waals surface area (Å²) < 4.78 is 24.8. The number of benzene rings is 2. The summed E-state index contributed by atoms with van der Waals surface area (Å²) in [6.45, 7) is 6.87. The molecule has 2 aromatic rings. The zero-order valence-corrected chi connectivity index (χ0v) is 18.9. The van der Waals surface area contributed by atoms with Crippen molar-refractivity contribution in [2.45, 2.75) is 51.7 Å². The quantitative estimate of drug-likeness (QED) is 0.608. The van der Waals surface area contributed by atoms with E-state index >= 15 is 0 Å². The predicted octanol–water partition coefficient (Wildman–Crippen LogP) is 4.58. The van der Waals surface area contributed by atoms with Gasteiger partial charge >= 0.3 is 6.09 Å². The fourth-order valence-electron chi connectivity index (χ4n) is 3.55. The normalized spacial score (nSPS) is 14.9. The summed E-state index contributed by atoms with van der Waals surface area (Å²) in [4.78, 5) is 26.5. The summed E-state index contributed by atoms with van der Waals surface area (Å²) >= 11 is 0. The number of ether oxygens (including phenoxy) is 2. The Bertz CT molecular complexity index is 917. The second kappa shape index (κ2) is 10.5. The molecule has 3 rings (SSSR count). The van der Waals surface area contributed by atoms with Crippen molar-refractivity contribution in [2.75, 3.05) is 19.6 Å². The van der Waals surface area contributed by atoms with Crippen LogP contribution >= 0.6 is 0 Å². The third-order valence-electron chi connectivity index (χ3n) is 5.02. The number of hydrogen-bond donors (Lipinski definition) is 1. The first-order valence-electron chi connectivity index (χ1n) is 11.0.